The minimum atomic E-state index is -0.0982. The molecule has 2 atom stereocenters. The lowest BCUT2D eigenvalue weighted by atomic mass is 10.1. The van der Waals surface area contributed by atoms with Crippen LogP contribution < -0.4 is 0 Å². The number of carbonyl (C=O) groups is 1. The maximum absolute atomic E-state index is 11.2. The number of carbonyl (C=O) groups excluding carboxylic acids is 1. The van der Waals surface area contributed by atoms with Gasteiger partial charge in [0.05, 0.1) is 13.5 Å². The fourth-order valence-corrected chi connectivity index (χ4v) is 2.39. The van der Waals surface area contributed by atoms with Gasteiger partial charge in [0.25, 0.3) is 0 Å². The van der Waals surface area contributed by atoms with Crippen molar-refractivity contribution in [2.75, 3.05) is 13.7 Å². The van der Waals surface area contributed by atoms with E-state index in [0.717, 1.165) is 6.54 Å². The van der Waals surface area contributed by atoms with E-state index in [4.69, 9.17) is 4.74 Å². The molecule has 0 aromatic rings. The standard InChI is InChI=1S/C12H23NO2/c1-10-7-5-4-6-8-13(10)11(2)9-12(14)15-3/h10-11H,4-9H2,1-3H3. The summed E-state index contributed by atoms with van der Waals surface area (Å²) in [5.74, 6) is -0.0982. The molecule has 15 heavy (non-hydrogen) atoms. The van der Waals surface area contributed by atoms with E-state index in [2.05, 4.69) is 18.7 Å². The average molecular weight is 213 g/mol. The summed E-state index contributed by atoms with van der Waals surface area (Å²) in [7, 11) is 1.46. The fraction of sp³-hybridized carbons (Fsp3) is 0.917. The first kappa shape index (κ1) is 12.5. The Labute approximate surface area is 92.8 Å². The van der Waals surface area contributed by atoms with Gasteiger partial charge in [0.2, 0.25) is 0 Å². The van der Waals surface area contributed by atoms with Crippen LogP contribution in [0.1, 0.15) is 46.0 Å². The van der Waals surface area contributed by atoms with Crippen molar-refractivity contribution in [1.29, 1.82) is 0 Å². The third kappa shape index (κ3) is 3.82. The van der Waals surface area contributed by atoms with Crippen molar-refractivity contribution in [3.05, 3.63) is 0 Å². The molecule has 0 bridgehead atoms. The molecular formula is C12H23NO2. The Morgan fingerprint density at radius 3 is 2.87 bits per heavy atom. The molecule has 1 aliphatic heterocycles. The molecule has 1 saturated heterocycles. The monoisotopic (exact) mass is 213 g/mol. The number of hydrogen-bond acceptors (Lipinski definition) is 3. The molecule has 3 nitrogen and oxygen atoms in total. The van der Waals surface area contributed by atoms with Gasteiger partial charge in [-0.25, -0.2) is 0 Å². The van der Waals surface area contributed by atoms with Gasteiger partial charge >= 0.3 is 5.97 Å². The van der Waals surface area contributed by atoms with Crippen LogP contribution in [0.2, 0.25) is 0 Å². The van der Waals surface area contributed by atoms with Crippen LogP contribution in [0.5, 0.6) is 0 Å². The fourth-order valence-electron chi connectivity index (χ4n) is 2.39. The summed E-state index contributed by atoms with van der Waals surface area (Å²) in [6, 6.07) is 0.915. The summed E-state index contributed by atoms with van der Waals surface area (Å²) in [6.07, 6.45) is 5.68. The molecule has 0 aromatic heterocycles. The van der Waals surface area contributed by atoms with Crippen molar-refractivity contribution in [3.8, 4) is 0 Å². The van der Waals surface area contributed by atoms with Gasteiger partial charge < -0.3 is 4.74 Å². The van der Waals surface area contributed by atoms with Crippen molar-refractivity contribution in [2.45, 2.75) is 58.0 Å². The molecule has 1 fully saturated rings. The molecule has 1 aliphatic rings. The minimum Gasteiger partial charge on any atom is -0.469 e. The molecule has 88 valence electrons. The molecular weight excluding hydrogens is 190 g/mol. The smallest absolute Gasteiger partial charge is 0.307 e. The molecule has 0 aromatic carbocycles. The molecule has 0 amide bonds. The second kappa shape index (κ2) is 6.11. The van der Waals surface area contributed by atoms with Crippen molar-refractivity contribution in [2.24, 2.45) is 0 Å². The maximum atomic E-state index is 11.2. The maximum Gasteiger partial charge on any atom is 0.307 e. The van der Waals surface area contributed by atoms with Crippen molar-refractivity contribution in [3.63, 3.8) is 0 Å². The van der Waals surface area contributed by atoms with Gasteiger partial charge in [0, 0.05) is 12.1 Å². The molecule has 1 heterocycles. The Kier molecular flexibility index (Phi) is 5.09. The van der Waals surface area contributed by atoms with Crippen molar-refractivity contribution in [1.82, 2.24) is 4.90 Å². The van der Waals surface area contributed by atoms with E-state index in [0.29, 0.717) is 18.5 Å². The average Bonchev–Trinajstić information content (AvgIpc) is 2.42. The van der Waals surface area contributed by atoms with Gasteiger partial charge in [0.1, 0.15) is 0 Å². The number of ether oxygens (including phenoxy) is 1. The van der Waals surface area contributed by atoms with Crippen LogP contribution in [0.3, 0.4) is 0 Å². The van der Waals surface area contributed by atoms with E-state index in [1.54, 1.807) is 0 Å². The number of hydrogen-bond donors (Lipinski definition) is 0. The van der Waals surface area contributed by atoms with Gasteiger partial charge in [-0.1, -0.05) is 12.8 Å². The molecule has 0 N–H and O–H groups in total. The van der Waals surface area contributed by atoms with Crippen molar-refractivity contribution < 1.29 is 9.53 Å². The van der Waals surface area contributed by atoms with E-state index in [1.165, 1.54) is 32.8 Å². The Morgan fingerprint density at radius 2 is 2.20 bits per heavy atom. The molecule has 0 saturated carbocycles. The highest BCUT2D eigenvalue weighted by atomic mass is 16.5. The number of likely N-dealkylation sites (tertiary alicyclic amines) is 1. The molecule has 0 aliphatic carbocycles. The molecule has 0 spiro atoms. The third-order valence-corrected chi connectivity index (χ3v) is 3.36. The number of esters is 1. The third-order valence-electron chi connectivity index (χ3n) is 3.36. The van der Waals surface area contributed by atoms with Gasteiger partial charge in [-0.3, -0.25) is 9.69 Å². The second-order valence-electron chi connectivity index (χ2n) is 4.57. The lowest BCUT2D eigenvalue weighted by Crippen LogP contribution is -2.41. The topological polar surface area (TPSA) is 29.5 Å². The van der Waals surface area contributed by atoms with E-state index in [9.17, 15) is 4.79 Å². The first-order chi connectivity index (χ1) is 7.15. The molecule has 2 unspecified atom stereocenters. The van der Waals surface area contributed by atoms with Crippen LogP contribution in [-0.2, 0) is 9.53 Å². The van der Waals surface area contributed by atoms with Crippen LogP contribution in [0.25, 0.3) is 0 Å². The number of methoxy groups -OCH3 is 1. The highest BCUT2D eigenvalue weighted by Gasteiger charge is 2.23. The van der Waals surface area contributed by atoms with Crippen LogP contribution >= 0.6 is 0 Å². The van der Waals surface area contributed by atoms with E-state index < -0.39 is 0 Å². The molecule has 1 rings (SSSR count). The quantitative estimate of drug-likeness (QED) is 0.673. The zero-order chi connectivity index (χ0) is 11.3. The second-order valence-corrected chi connectivity index (χ2v) is 4.57. The van der Waals surface area contributed by atoms with E-state index >= 15 is 0 Å². The zero-order valence-electron chi connectivity index (χ0n) is 10.2. The number of nitrogens with zero attached hydrogens (tertiary/aromatic N) is 1. The van der Waals surface area contributed by atoms with Crippen LogP contribution in [0.4, 0.5) is 0 Å². The Hall–Kier alpha value is -0.570. The van der Waals surface area contributed by atoms with Gasteiger partial charge in [0.15, 0.2) is 0 Å². The first-order valence-corrected chi connectivity index (χ1v) is 5.97. The highest BCUT2D eigenvalue weighted by Crippen LogP contribution is 2.20. The minimum absolute atomic E-state index is 0.0982. The largest absolute Gasteiger partial charge is 0.469 e. The van der Waals surface area contributed by atoms with Crippen LogP contribution in [0, 0.1) is 0 Å². The Morgan fingerprint density at radius 1 is 1.47 bits per heavy atom. The van der Waals surface area contributed by atoms with E-state index in [1.807, 2.05) is 0 Å². The van der Waals surface area contributed by atoms with Gasteiger partial charge in [-0.05, 0) is 33.2 Å². The lowest BCUT2D eigenvalue weighted by Gasteiger charge is -2.32. The van der Waals surface area contributed by atoms with Gasteiger partial charge in [-0.15, -0.1) is 0 Å². The van der Waals surface area contributed by atoms with Gasteiger partial charge in [-0.2, -0.15) is 0 Å². The summed E-state index contributed by atoms with van der Waals surface area (Å²) < 4.78 is 4.71. The van der Waals surface area contributed by atoms with E-state index in [-0.39, 0.29) is 5.97 Å². The summed E-state index contributed by atoms with van der Waals surface area (Å²) in [5, 5.41) is 0. The summed E-state index contributed by atoms with van der Waals surface area (Å²) in [5.41, 5.74) is 0. The molecule has 3 heteroatoms. The summed E-state index contributed by atoms with van der Waals surface area (Å²) in [4.78, 5) is 13.7. The lowest BCUT2D eigenvalue weighted by molar-refractivity contribution is -0.142. The predicted octanol–water partition coefficient (Wildman–Crippen LogP) is 2.20. The Balaban J connectivity index is 2.47. The Bertz CT molecular complexity index is 206. The predicted molar refractivity (Wildman–Crippen MR) is 60.7 cm³/mol. The van der Waals surface area contributed by atoms with Crippen LogP contribution in [0.15, 0.2) is 0 Å². The molecule has 0 radical (unpaired) electrons. The highest BCUT2D eigenvalue weighted by molar-refractivity contribution is 5.69. The summed E-state index contributed by atoms with van der Waals surface area (Å²) >= 11 is 0. The first-order valence-electron chi connectivity index (χ1n) is 5.97. The normalized spacial score (nSPS) is 25.7. The zero-order valence-corrected chi connectivity index (χ0v) is 10.2. The van der Waals surface area contributed by atoms with Crippen molar-refractivity contribution >= 4 is 5.97 Å². The van der Waals surface area contributed by atoms with Crippen LogP contribution in [-0.4, -0.2) is 36.6 Å². The SMILES string of the molecule is COC(=O)CC(C)N1CCCCCC1C. The number of rotatable bonds is 3. The summed E-state index contributed by atoms with van der Waals surface area (Å²) in [6.45, 7) is 5.51.